The van der Waals surface area contributed by atoms with Gasteiger partial charge >= 0.3 is 0 Å². The number of hydrogen-bond acceptors (Lipinski definition) is 2. The maximum Gasteiger partial charge on any atom is 0.0488 e. The SMILES string of the molecule is CNC(CC(C)COC)C1CCCCC1. The number of hydrogen-bond donors (Lipinski definition) is 1. The van der Waals surface area contributed by atoms with Gasteiger partial charge in [-0.3, -0.25) is 0 Å². The van der Waals surface area contributed by atoms with Crippen LogP contribution in [0.15, 0.2) is 0 Å². The molecule has 1 N–H and O–H groups in total. The molecule has 15 heavy (non-hydrogen) atoms. The monoisotopic (exact) mass is 213 g/mol. The van der Waals surface area contributed by atoms with E-state index < -0.39 is 0 Å². The van der Waals surface area contributed by atoms with E-state index in [0.29, 0.717) is 12.0 Å². The third-order valence-electron chi connectivity index (χ3n) is 3.70. The molecule has 0 saturated heterocycles. The van der Waals surface area contributed by atoms with Crippen LogP contribution in [-0.2, 0) is 4.74 Å². The fourth-order valence-electron chi connectivity index (χ4n) is 2.87. The van der Waals surface area contributed by atoms with Crippen molar-refractivity contribution in [3.63, 3.8) is 0 Å². The van der Waals surface area contributed by atoms with Crippen molar-refractivity contribution in [2.75, 3.05) is 20.8 Å². The first-order valence-electron chi connectivity index (χ1n) is 6.44. The Balaban J connectivity index is 2.32. The van der Waals surface area contributed by atoms with Crippen LogP contribution >= 0.6 is 0 Å². The molecule has 1 aliphatic rings. The van der Waals surface area contributed by atoms with Crippen LogP contribution in [0.1, 0.15) is 45.4 Å². The van der Waals surface area contributed by atoms with E-state index in [1.165, 1.54) is 38.5 Å². The normalized spacial score (nSPS) is 22.6. The molecule has 0 aromatic carbocycles. The third-order valence-corrected chi connectivity index (χ3v) is 3.70. The summed E-state index contributed by atoms with van der Waals surface area (Å²) in [5.74, 6) is 1.58. The Morgan fingerprint density at radius 3 is 2.47 bits per heavy atom. The molecule has 1 saturated carbocycles. The van der Waals surface area contributed by atoms with Gasteiger partial charge in [-0.1, -0.05) is 26.2 Å². The van der Waals surface area contributed by atoms with Gasteiger partial charge < -0.3 is 10.1 Å². The van der Waals surface area contributed by atoms with Crippen LogP contribution in [0.25, 0.3) is 0 Å². The van der Waals surface area contributed by atoms with Crippen molar-refractivity contribution in [2.24, 2.45) is 11.8 Å². The average molecular weight is 213 g/mol. The zero-order chi connectivity index (χ0) is 11.1. The Morgan fingerprint density at radius 2 is 1.93 bits per heavy atom. The summed E-state index contributed by atoms with van der Waals surface area (Å²) in [7, 11) is 3.91. The molecule has 2 heteroatoms. The molecule has 2 atom stereocenters. The van der Waals surface area contributed by atoms with E-state index in [-0.39, 0.29) is 0 Å². The lowest BCUT2D eigenvalue weighted by atomic mass is 9.81. The van der Waals surface area contributed by atoms with Crippen LogP contribution in [0.2, 0.25) is 0 Å². The minimum Gasteiger partial charge on any atom is -0.384 e. The van der Waals surface area contributed by atoms with E-state index in [0.717, 1.165) is 12.5 Å². The molecule has 0 bridgehead atoms. The lowest BCUT2D eigenvalue weighted by Crippen LogP contribution is -2.36. The Bertz CT molecular complexity index is 155. The van der Waals surface area contributed by atoms with E-state index in [1.807, 2.05) is 0 Å². The van der Waals surface area contributed by atoms with E-state index in [9.17, 15) is 0 Å². The van der Waals surface area contributed by atoms with Crippen LogP contribution in [-0.4, -0.2) is 26.8 Å². The van der Waals surface area contributed by atoms with Gasteiger partial charge in [0.25, 0.3) is 0 Å². The highest BCUT2D eigenvalue weighted by molar-refractivity contribution is 4.79. The summed E-state index contributed by atoms with van der Waals surface area (Å²) in [6, 6.07) is 0.704. The van der Waals surface area contributed by atoms with E-state index in [4.69, 9.17) is 4.74 Å². The summed E-state index contributed by atoms with van der Waals surface area (Å²) in [5, 5.41) is 3.51. The lowest BCUT2D eigenvalue weighted by Gasteiger charge is -2.31. The van der Waals surface area contributed by atoms with Gasteiger partial charge in [0, 0.05) is 19.8 Å². The van der Waals surface area contributed by atoms with Crippen molar-refractivity contribution < 1.29 is 4.74 Å². The highest BCUT2D eigenvalue weighted by Gasteiger charge is 2.23. The van der Waals surface area contributed by atoms with E-state index >= 15 is 0 Å². The summed E-state index contributed by atoms with van der Waals surface area (Å²) in [6.07, 6.45) is 8.41. The molecule has 0 amide bonds. The zero-order valence-corrected chi connectivity index (χ0v) is 10.6. The van der Waals surface area contributed by atoms with Crippen molar-refractivity contribution in [3.8, 4) is 0 Å². The van der Waals surface area contributed by atoms with E-state index in [1.54, 1.807) is 7.11 Å². The summed E-state index contributed by atoms with van der Waals surface area (Å²) in [4.78, 5) is 0. The van der Waals surface area contributed by atoms with Crippen LogP contribution in [0, 0.1) is 11.8 Å². The van der Waals surface area contributed by atoms with Crippen LogP contribution in [0.3, 0.4) is 0 Å². The molecule has 1 aliphatic carbocycles. The fraction of sp³-hybridized carbons (Fsp3) is 1.00. The largest absolute Gasteiger partial charge is 0.384 e. The van der Waals surface area contributed by atoms with Crippen molar-refractivity contribution in [1.29, 1.82) is 0 Å². The summed E-state index contributed by atoms with van der Waals surface area (Å²) < 4.78 is 5.21. The molecule has 0 aromatic rings. The quantitative estimate of drug-likeness (QED) is 0.732. The standard InChI is InChI=1S/C13H27NO/c1-11(10-15-3)9-13(14-2)12-7-5-4-6-8-12/h11-14H,4-10H2,1-3H3. The smallest absolute Gasteiger partial charge is 0.0488 e. The number of nitrogens with one attached hydrogen (secondary N) is 1. The predicted octanol–water partition coefficient (Wildman–Crippen LogP) is 2.83. The molecule has 0 spiro atoms. The fourth-order valence-corrected chi connectivity index (χ4v) is 2.87. The highest BCUT2D eigenvalue weighted by atomic mass is 16.5. The van der Waals surface area contributed by atoms with Gasteiger partial charge in [-0.2, -0.15) is 0 Å². The molecule has 2 unspecified atom stereocenters. The minimum atomic E-state index is 0.675. The Labute approximate surface area is 94.8 Å². The molecule has 0 aliphatic heterocycles. The molecular weight excluding hydrogens is 186 g/mol. The van der Waals surface area contributed by atoms with Crippen molar-refractivity contribution >= 4 is 0 Å². The minimum absolute atomic E-state index is 0.675. The predicted molar refractivity (Wildman–Crippen MR) is 65.1 cm³/mol. The first-order valence-corrected chi connectivity index (χ1v) is 6.44. The third kappa shape index (κ3) is 4.52. The zero-order valence-electron chi connectivity index (χ0n) is 10.6. The Kier molecular flexibility index (Phi) is 6.26. The molecule has 1 rings (SSSR count). The average Bonchev–Trinajstić information content (AvgIpc) is 2.27. The lowest BCUT2D eigenvalue weighted by molar-refractivity contribution is 0.139. The highest BCUT2D eigenvalue weighted by Crippen LogP contribution is 2.28. The van der Waals surface area contributed by atoms with Gasteiger partial charge in [0.2, 0.25) is 0 Å². The van der Waals surface area contributed by atoms with Gasteiger partial charge in [-0.05, 0) is 38.1 Å². The Morgan fingerprint density at radius 1 is 1.27 bits per heavy atom. The first-order chi connectivity index (χ1) is 7.27. The second-order valence-corrected chi connectivity index (χ2v) is 5.09. The van der Waals surface area contributed by atoms with Gasteiger partial charge in [-0.15, -0.1) is 0 Å². The molecule has 0 aromatic heterocycles. The molecule has 0 heterocycles. The van der Waals surface area contributed by atoms with Crippen molar-refractivity contribution in [3.05, 3.63) is 0 Å². The van der Waals surface area contributed by atoms with E-state index in [2.05, 4.69) is 19.3 Å². The molecular formula is C13H27NO. The van der Waals surface area contributed by atoms with Gasteiger partial charge in [0.05, 0.1) is 0 Å². The van der Waals surface area contributed by atoms with Gasteiger partial charge in [0.1, 0.15) is 0 Å². The summed E-state index contributed by atoms with van der Waals surface area (Å²) in [6.45, 7) is 3.18. The first kappa shape index (κ1) is 13.0. The number of rotatable bonds is 6. The second-order valence-electron chi connectivity index (χ2n) is 5.09. The maximum absolute atomic E-state index is 5.21. The summed E-state index contributed by atoms with van der Waals surface area (Å²) >= 11 is 0. The van der Waals surface area contributed by atoms with Crippen LogP contribution in [0.4, 0.5) is 0 Å². The van der Waals surface area contributed by atoms with Gasteiger partial charge in [-0.25, -0.2) is 0 Å². The molecule has 2 nitrogen and oxygen atoms in total. The number of ether oxygens (including phenoxy) is 1. The topological polar surface area (TPSA) is 21.3 Å². The molecule has 90 valence electrons. The van der Waals surface area contributed by atoms with Crippen molar-refractivity contribution in [1.82, 2.24) is 5.32 Å². The maximum atomic E-state index is 5.21. The van der Waals surface area contributed by atoms with Gasteiger partial charge in [0.15, 0.2) is 0 Å². The number of methoxy groups -OCH3 is 1. The van der Waals surface area contributed by atoms with Crippen molar-refractivity contribution in [2.45, 2.75) is 51.5 Å². The van der Waals surface area contributed by atoms with Crippen LogP contribution < -0.4 is 5.32 Å². The molecule has 0 radical (unpaired) electrons. The summed E-state index contributed by atoms with van der Waals surface area (Å²) in [5.41, 5.74) is 0. The molecule has 1 fully saturated rings. The Hall–Kier alpha value is -0.0800. The van der Waals surface area contributed by atoms with Crippen LogP contribution in [0.5, 0.6) is 0 Å². The second kappa shape index (κ2) is 7.24.